The van der Waals surface area contributed by atoms with E-state index >= 15 is 0 Å². The van der Waals surface area contributed by atoms with Crippen LogP contribution in [0.4, 0.5) is 5.69 Å². The fraction of sp³-hybridized carbons (Fsp3) is 0. The van der Waals surface area contributed by atoms with Gasteiger partial charge in [-0.15, -0.1) is 0 Å². The Balaban J connectivity index is 1.68. The number of carboxylic acid groups (broad SMARTS) is 1. The number of aromatic carboxylic acids is 1. The van der Waals surface area contributed by atoms with Crippen LogP contribution < -0.4 is 4.90 Å². The number of amides is 1. The zero-order valence-corrected chi connectivity index (χ0v) is 15.3. The van der Waals surface area contributed by atoms with Crippen molar-refractivity contribution in [2.75, 3.05) is 4.90 Å². The normalized spacial score (nSPS) is 15.7. The molecule has 1 amide bonds. The summed E-state index contributed by atoms with van der Waals surface area (Å²) in [5.41, 5.74) is 2.84. The van der Waals surface area contributed by atoms with Gasteiger partial charge in [0.2, 0.25) is 0 Å². The third-order valence-corrected chi connectivity index (χ3v) is 5.24. The standard InChI is InChI=1S/C19H11N3O3S2/c23-17-16(9-11-4-5-14-15(8-11)21-7-6-20-14)27-19(26)22(17)13-3-1-2-12(10-13)18(24)25/h1-10H,(H,24,25)/b16-9+. The van der Waals surface area contributed by atoms with Crippen molar-refractivity contribution in [3.05, 3.63) is 70.9 Å². The number of carbonyl (C=O) groups is 2. The number of fused-ring (bicyclic) bond motifs is 1. The summed E-state index contributed by atoms with van der Waals surface area (Å²) in [6.45, 7) is 0. The van der Waals surface area contributed by atoms with Gasteiger partial charge in [0.15, 0.2) is 4.32 Å². The van der Waals surface area contributed by atoms with Gasteiger partial charge in [0, 0.05) is 12.4 Å². The molecule has 1 aliphatic heterocycles. The first kappa shape index (κ1) is 17.3. The molecule has 2 aromatic carbocycles. The smallest absolute Gasteiger partial charge is 0.335 e. The predicted molar refractivity (Wildman–Crippen MR) is 109 cm³/mol. The second-order valence-corrected chi connectivity index (χ2v) is 7.35. The highest BCUT2D eigenvalue weighted by Gasteiger charge is 2.33. The van der Waals surface area contributed by atoms with Gasteiger partial charge in [-0.2, -0.15) is 0 Å². The van der Waals surface area contributed by atoms with E-state index in [9.17, 15) is 9.59 Å². The minimum atomic E-state index is -1.06. The summed E-state index contributed by atoms with van der Waals surface area (Å²) in [5.74, 6) is -1.35. The molecule has 132 valence electrons. The van der Waals surface area contributed by atoms with E-state index in [1.807, 2.05) is 18.2 Å². The maximum Gasteiger partial charge on any atom is 0.335 e. The molecule has 6 nitrogen and oxygen atoms in total. The summed E-state index contributed by atoms with van der Waals surface area (Å²) in [6.07, 6.45) is 4.98. The Bertz CT molecular complexity index is 1140. The van der Waals surface area contributed by atoms with Gasteiger partial charge in [-0.3, -0.25) is 19.7 Å². The number of hydrogen-bond donors (Lipinski definition) is 1. The summed E-state index contributed by atoms with van der Waals surface area (Å²) in [6, 6.07) is 11.7. The molecule has 8 heteroatoms. The van der Waals surface area contributed by atoms with Crippen LogP contribution in [0.1, 0.15) is 15.9 Å². The average molecular weight is 393 g/mol. The van der Waals surface area contributed by atoms with E-state index in [0.29, 0.717) is 14.9 Å². The van der Waals surface area contributed by atoms with E-state index in [1.165, 1.54) is 28.8 Å². The monoisotopic (exact) mass is 393 g/mol. The molecule has 0 bridgehead atoms. The number of aromatic nitrogens is 2. The van der Waals surface area contributed by atoms with Gasteiger partial charge in [0.05, 0.1) is 27.2 Å². The van der Waals surface area contributed by atoms with Crippen LogP contribution >= 0.6 is 24.0 Å². The number of benzene rings is 2. The molecule has 1 N–H and O–H groups in total. The Labute approximate surface area is 163 Å². The SMILES string of the molecule is O=C(O)c1cccc(N2C(=O)/C(=C\c3ccc4nccnc4c3)SC2=S)c1. The molecular weight excluding hydrogens is 382 g/mol. The number of nitrogens with zero attached hydrogens (tertiary/aromatic N) is 3. The zero-order chi connectivity index (χ0) is 19.0. The van der Waals surface area contributed by atoms with Crippen molar-refractivity contribution in [3.63, 3.8) is 0 Å². The molecule has 0 atom stereocenters. The van der Waals surface area contributed by atoms with Gasteiger partial charge in [-0.25, -0.2) is 4.79 Å². The fourth-order valence-corrected chi connectivity index (χ4v) is 3.99. The molecule has 1 aliphatic rings. The molecule has 1 aromatic heterocycles. The Morgan fingerprint density at radius 3 is 2.67 bits per heavy atom. The quantitative estimate of drug-likeness (QED) is 0.536. The largest absolute Gasteiger partial charge is 0.478 e. The van der Waals surface area contributed by atoms with Crippen molar-refractivity contribution in [1.82, 2.24) is 9.97 Å². The van der Waals surface area contributed by atoms with Crippen LogP contribution in [0, 0.1) is 0 Å². The number of thioether (sulfide) groups is 1. The second kappa shape index (κ2) is 6.90. The lowest BCUT2D eigenvalue weighted by Crippen LogP contribution is -2.27. The molecule has 0 radical (unpaired) electrons. The highest BCUT2D eigenvalue weighted by atomic mass is 32.2. The van der Waals surface area contributed by atoms with Gasteiger partial charge in [-0.1, -0.05) is 36.1 Å². The van der Waals surface area contributed by atoms with Gasteiger partial charge in [-0.05, 0) is 42.0 Å². The predicted octanol–water partition coefficient (Wildman–Crippen LogP) is 3.73. The minimum absolute atomic E-state index is 0.0960. The van der Waals surface area contributed by atoms with Crippen molar-refractivity contribution in [2.24, 2.45) is 0 Å². The first-order chi connectivity index (χ1) is 13.0. The van der Waals surface area contributed by atoms with Crippen LogP contribution in [0.3, 0.4) is 0 Å². The third kappa shape index (κ3) is 3.32. The number of anilines is 1. The van der Waals surface area contributed by atoms with Crippen molar-refractivity contribution in [1.29, 1.82) is 0 Å². The van der Waals surface area contributed by atoms with Crippen LogP contribution in [0.5, 0.6) is 0 Å². The van der Waals surface area contributed by atoms with Gasteiger partial charge >= 0.3 is 5.97 Å². The fourth-order valence-electron chi connectivity index (χ4n) is 2.69. The van der Waals surface area contributed by atoms with Gasteiger partial charge < -0.3 is 5.11 Å². The summed E-state index contributed by atoms with van der Waals surface area (Å²) < 4.78 is 0.356. The van der Waals surface area contributed by atoms with Crippen LogP contribution in [-0.2, 0) is 4.79 Å². The maximum atomic E-state index is 12.8. The van der Waals surface area contributed by atoms with Crippen molar-refractivity contribution < 1.29 is 14.7 Å². The van der Waals surface area contributed by atoms with Crippen LogP contribution in [0.25, 0.3) is 17.1 Å². The molecule has 0 unspecified atom stereocenters. The molecule has 0 aliphatic carbocycles. The van der Waals surface area contributed by atoms with Crippen LogP contribution in [0.2, 0.25) is 0 Å². The molecule has 2 heterocycles. The van der Waals surface area contributed by atoms with Crippen LogP contribution in [0.15, 0.2) is 59.8 Å². The highest BCUT2D eigenvalue weighted by Crippen LogP contribution is 2.36. The van der Waals surface area contributed by atoms with Crippen molar-refractivity contribution in [3.8, 4) is 0 Å². The topological polar surface area (TPSA) is 83.4 Å². The van der Waals surface area contributed by atoms with Crippen molar-refractivity contribution in [2.45, 2.75) is 0 Å². The molecule has 1 saturated heterocycles. The van der Waals surface area contributed by atoms with E-state index in [1.54, 1.807) is 30.6 Å². The number of thiocarbonyl (C=S) groups is 1. The molecule has 3 aromatic rings. The Kier molecular flexibility index (Phi) is 4.43. The third-order valence-electron chi connectivity index (χ3n) is 3.94. The number of hydrogen-bond acceptors (Lipinski definition) is 6. The first-order valence-electron chi connectivity index (χ1n) is 7.85. The maximum absolute atomic E-state index is 12.8. The Morgan fingerprint density at radius 2 is 1.89 bits per heavy atom. The van der Waals surface area contributed by atoms with E-state index in [4.69, 9.17) is 17.3 Å². The zero-order valence-electron chi connectivity index (χ0n) is 13.7. The number of rotatable bonds is 3. The van der Waals surface area contributed by atoms with Crippen LogP contribution in [-0.4, -0.2) is 31.3 Å². The molecule has 1 fully saturated rings. The molecule has 0 spiro atoms. The Hall–Kier alpha value is -3.10. The Morgan fingerprint density at radius 1 is 1.11 bits per heavy atom. The highest BCUT2D eigenvalue weighted by molar-refractivity contribution is 8.27. The first-order valence-corrected chi connectivity index (χ1v) is 9.07. The number of carboxylic acids is 1. The summed E-state index contributed by atoms with van der Waals surface area (Å²) in [5, 5.41) is 9.15. The summed E-state index contributed by atoms with van der Waals surface area (Å²) in [7, 11) is 0. The lowest BCUT2D eigenvalue weighted by Gasteiger charge is -2.14. The van der Waals surface area contributed by atoms with E-state index < -0.39 is 5.97 Å². The van der Waals surface area contributed by atoms with E-state index in [0.717, 1.165) is 16.6 Å². The molecule has 27 heavy (non-hydrogen) atoms. The van der Waals surface area contributed by atoms with E-state index in [-0.39, 0.29) is 11.5 Å². The van der Waals surface area contributed by atoms with Gasteiger partial charge in [0.25, 0.3) is 5.91 Å². The lowest BCUT2D eigenvalue weighted by atomic mass is 10.1. The van der Waals surface area contributed by atoms with E-state index in [2.05, 4.69) is 9.97 Å². The minimum Gasteiger partial charge on any atom is -0.478 e. The lowest BCUT2D eigenvalue weighted by molar-refractivity contribution is -0.113. The molecular formula is C19H11N3O3S2. The number of carbonyl (C=O) groups excluding carboxylic acids is 1. The molecule has 4 rings (SSSR count). The second-order valence-electron chi connectivity index (χ2n) is 5.68. The molecule has 0 saturated carbocycles. The summed E-state index contributed by atoms with van der Waals surface area (Å²) in [4.78, 5) is 34.3. The van der Waals surface area contributed by atoms with Gasteiger partial charge in [0.1, 0.15) is 0 Å². The summed E-state index contributed by atoms with van der Waals surface area (Å²) >= 11 is 6.51. The average Bonchev–Trinajstić information content (AvgIpc) is 2.95. The van der Waals surface area contributed by atoms with Crippen molar-refractivity contribution >= 4 is 63.0 Å².